The Morgan fingerprint density at radius 1 is 1.00 bits per heavy atom. The molecule has 0 radical (unpaired) electrons. The predicted octanol–water partition coefficient (Wildman–Crippen LogP) is 4.59. The highest BCUT2D eigenvalue weighted by Gasteiger charge is 2.73. The van der Waals surface area contributed by atoms with Crippen molar-refractivity contribution in [2.24, 2.45) is 17.8 Å². The van der Waals surface area contributed by atoms with Gasteiger partial charge in [0.2, 0.25) is 17.7 Å². The van der Waals surface area contributed by atoms with Crippen molar-refractivity contribution in [3.63, 3.8) is 0 Å². The Labute approximate surface area is 237 Å². The van der Waals surface area contributed by atoms with Gasteiger partial charge in [-0.2, -0.15) is 0 Å². The number of nitrogens with one attached hydrogen (secondary N) is 2. The molecule has 1 aromatic carbocycles. The van der Waals surface area contributed by atoms with Gasteiger partial charge in [-0.25, -0.2) is 0 Å². The molecule has 3 heterocycles. The third kappa shape index (κ3) is 4.72. The van der Waals surface area contributed by atoms with Crippen molar-refractivity contribution in [3.8, 4) is 5.75 Å². The Kier molecular flexibility index (Phi) is 7.64. The molecule has 5 unspecified atom stereocenters. The standard InChI is InChI=1S/C32H43N3O5/c1-20-11-8-9-16-24(20)34-30(37)28-32-18-17-25(40-32)26(29(36)33-21-12-10-15-23(19-21)39-2)27(32)31(38)35(28)22-13-6-4-3-5-7-14-22/h10,12,15,17-20,22,24-28H,3-9,11,13-14,16H2,1-2H3,(H,33,36)(H,34,37)/t20?,24?,25-,26?,27-,28?,32?/m1/s1. The Balaban J connectivity index is 1.32. The van der Waals surface area contributed by atoms with Crippen LogP contribution in [0.15, 0.2) is 36.4 Å². The molecule has 5 aliphatic rings. The zero-order valence-electron chi connectivity index (χ0n) is 23.8. The monoisotopic (exact) mass is 549 g/mol. The van der Waals surface area contributed by atoms with Gasteiger partial charge in [-0.05, 0) is 43.7 Å². The molecule has 8 nitrogen and oxygen atoms in total. The minimum Gasteiger partial charge on any atom is -0.497 e. The van der Waals surface area contributed by atoms with Crippen LogP contribution in [0, 0.1) is 17.8 Å². The largest absolute Gasteiger partial charge is 0.497 e. The fraction of sp³-hybridized carbons (Fsp3) is 0.656. The van der Waals surface area contributed by atoms with Crippen LogP contribution in [-0.4, -0.2) is 59.6 Å². The van der Waals surface area contributed by atoms with Crippen LogP contribution in [0.1, 0.15) is 77.6 Å². The number of anilines is 1. The molecule has 3 amide bonds. The summed E-state index contributed by atoms with van der Waals surface area (Å²) in [6.45, 7) is 2.20. The first-order chi connectivity index (χ1) is 19.4. The van der Waals surface area contributed by atoms with Crippen LogP contribution in [0.5, 0.6) is 5.75 Å². The fourth-order valence-electron chi connectivity index (χ4n) is 8.03. The second kappa shape index (κ2) is 11.2. The Morgan fingerprint density at radius 2 is 1.73 bits per heavy atom. The van der Waals surface area contributed by atoms with Crippen LogP contribution in [-0.2, 0) is 19.1 Å². The molecule has 7 atom stereocenters. The Bertz CT molecular complexity index is 1160. The molecule has 6 rings (SSSR count). The minimum atomic E-state index is -1.12. The average Bonchev–Trinajstić information content (AvgIpc) is 3.57. The van der Waals surface area contributed by atoms with Gasteiger partial charge in [0.05, 0.1) is 25.0 Å². The number of nitrogens with zero attached hydrogens (tertiary/aromatic N) is 1. The van der Waals surface area contributed by atoms with Crippen molar-refractivity contribution in [2.75, 3.05) is 12.4 Å². The molecule has 2 aliphatic carbocycles. The van der Waals surface area contributed by atoms with E-state index in [9.17, 15) is 14.4 Å². The van der Waals surface area contributed by atoms with Crippen molar-refractivity contribution in [2.45, 2.75) is 107 Å². The average molecular weight is 550 g/mol. The first kappa shape index (κ1) is 27.3. The van der Waals surface area contributed by atoms with E-state index < -0.39 is 29.6 Å². The number of carbonyl (C=O) groups excluding carboxylic acids is 3. The first-order valence-corrected chi connectivity index (χ1v) is 15.4. The van der Waals surface area contributed by atoms with Gasteiger partial charge in [0, 0.05) is 23.8 Å². The van der Waals surface area contributed by atoms with Crippen LogP contribution < -0.4 is 15.4 Å². The summed E-state index contributed by atoms with van der Waals surface area (Å²) < 4.78 is 11.9. The second-order valence-electron chi connectivity index (χ2n) is 12.5. The molecule has 8 heteroatoms. The number of ether oxygens (including phenoxy) is 2. The van der Waals surface area contributed by atoms with Gasteiger partial charge in [-0.3, -0.25) is 14.4 Å². The summed E-state index contributed by atoms with van der Waals surface area (Å²) >= 11 is 0. The number of fused-ring (bicyclic) bond motifs is 1. The second-order valence-corrected chi connectivity index (χ2v) is 12.5. The summed E-state index contributed by atoms with van der Waals surface area (Å²) in [5.74, 6) is -0.891. The van der Waals surface area contributed by atoms with Gasteiger partial charge in [-0.15, -0.1) is 0 Å². The summed E-state index contributed by atoms with van der Waals surface area (Å²) in [6.07, 6.45) is 15.0. The highest BCUT2D eigenvalue weighted by atomic mass is 16.5. The highest BCUT2D eigenvalue weighted by Crippen LogP contribution is 2.56. The number of amides is 3. The van der Waals surface area contributed by atoms with Crippen molar-refractivity contribution in [3.05, 3.63) is 36.4 Å². The number of carbonyl (C=O) groups is 3. The van der Waals surface area contributed by atoms with Crippen molar-refractivity contribution in [1.29, 1.82) is 0 Å². The molecule has 4 fully saturated rings. The lowest BCUT2D eigenvalue weighted by molar-refractivity contribution is -0.144. The lowest BCUT2D eigenvalue weighted by Gasteiger charge is -2.39. The number of hydrogen-bond acceptors (Lipinski definition) is 5. The summed E-state index contributed by atoms with van der Waals surface area (Å²) in [5, 5.41) is 6.35. The van der Waals surface area contributed by atoms with Crippen molar-refractivity contribution >= 4 is 23.4 Å². The molecule has 0 aromatic heterocycles. The van der Waals surface area contributed by atoms with Crippen molar-refractivity contribution in [1.82, 2.24) is 10.2 Å². The molecular formula is C32H43N3O5. The van der Waals surface area contributed by atoms with E-state index in [-0.39, 0.29) is 29.8 Å². The smallest absolute Gasteiger partial charge is 0.246 e. The topological polar surface area (TPSA) is 97.0 Å². The molecule has 40 heavy (non-hydrogen) atoms. The van der Waals surface area contributed by atoms with Gasteiger partial charge in [0.25, 0.3) is 0 Å². The van der Waals surface area contributed by atoms with E-state index in [0.29, 0.717) is 17.4 Å². The van der Waals surface area contributed by atoms with Gasteiger partial charge in [-0.1, -0.05) is 70.1 Å². The van der Waals surface area contributed by atoms with Crippen molar-refractivity contribution < 1.29 is 23.9 Å². The van der Waals surface area contributed by atoms with Gasteiger partial charge >= 0.3 is 0 Å². The van der Waals surface area contributed by atoms with E-state index in [1.54, 1.807) is 19.2 Å². The molecule has 1 aromatic rings. The summed E-state index contributed by atoms with van der Waals surface area (Å²) in [4.78, 5) is 44.3. The maximum absolute atomic E-state index is 14.4. The summed E-state index contributed by atoms with van der Waals surface area (Å²) in [6, 6.07) is 6.51. The van der Waals surface area contributed by atoms with E-state index >= 15 is 0 Å². The molecule has 2 N–H and O–H groups in total. The normalized spacial score (nSPS) is 35.6. The number of benzene rings is 1. The molecular weight excluding hydrogens is 506 g/mol. The van der Waals surface area contributed by atoms with E-state index in [2.05, 4.69) is 17.6 Å². The van der Waals surface area contributed by atoms with E-state index in [1.165, 1.54) is 12.8 Å². The highest BCUT2D eigenvalue weighted by molar-refractivity contribution is 6.03. The lowest BCUT2D eigenvalue weighted by atomic mass is 9.74. The maximum Gasteiger partial charge on any atom is 0.246 e. The summed E-state index contributed by atoms with van der Waals surface area (Å²) in [5.41, 5.74) is -0.518. The molecule has 2 bridgehead atoms. The Morgan fingerprint density at radius 3 is 2.48 bits per heavy atom. The van der Waals surface area contributed by atoms with Gasteiger partial charge < -0.3 is 25.0 Å². The third-order valence-corrected chi connectivity index (χ3v) is 10.1. The number of likely N-dealkylation sites (tertiary alicyclic amines) is 1. The van der Waals surface area contributed by atoms with Crippen LogP contribution in [0.2, 0.25) is 0 Å². The van der Waals surface area contributed by atoms with Crippen LogP contribution in [0.3, 0.4) is 0 Å². The molecule has 216 valence electrons. The van der Waals surface area contributed by atoms with Crippen LogP contribution >= 0.6 is 0 Å². The predicted molar refractivity (Wildman–Crippen MR) is 152 cm³/mol. The molecule has 2 saturated carbocycles. The first-order valence-electron chi connectivity index (χ1n) is 15.4. The molecule has 1 spiro atoms. The van der Waals surface area contributed by atoms with Crippen LogP contribution in [0.25, 0.3) is 0 Å². The van der Waals surface area contributed by atoms with Gasteiger partial charge in [0.1, 0.15) is 17.4 Å². The number of methoxy groups -OCH3 is 1. The SMILES string of the molecule is COc1cccc(NC(=O)C2[C@H]3C=CC4(O3)C(C(=O)NC3CCCCC3C)N(C3CCCCCCC3)C(=O)[C@@H]24)c1. The zero-order chi connectivity index (χ0) is 27.9. The summed E-state index contributed by atoms with van der Waals surface area (Å²) in [7, 11) is 1.58. The quantitative estimate of drug-likeness (QED) is 0.506. The zero-order valence-corrected chi connectivity index (χ0v) is 23.8. The van der Waals surface area contributed by atoms with Crippen LogP contribution in [0.4, 0.5) is 5.69 Å². The number of hydrogen-bond donors (Lipinski definition) is 2. The lowest BCUT2D eigenvalue weighted by Crippen LogP contribution is -2.59. The fourth-order valence-corrected chi connectivity index (χ4v) is 8.03. The molecule has 2 saturated heterocycles. The van der Waals surface area contributed by atoms with E-state index in [4.69, 9.17) is 9.47 Å². The maximum atomic E-state index is 14.4. The molecule has 3 aliphatic heterocycles. The minimum absolute atomic E-state index is 0.0227. The van der Waals surface area contributed by atoms with Gasteiger partial charge in [0.15, 0.2) is 0 Å². The number of rotatable bonds is 6. The van der Waals surface area contributed by atoms with E-state index in [1.807, 2.05) is 29.2 Å². The third-order valence-electron chi connectivity index (χ3n) is 10.1. The Hall–Kier alpha value is -2.87. The van der Waals surface area contributed by atoms with E-state index in [0.717, 1.165) is 57.8 Å².